The summed E-state index contributed by atoms with van der Waals surface area (Å²) < 4.78 is 0. The van der Waals surface area contributed by atoms with Crippen molar-refractivity contribution in [2.24, 2.45) is 0 Å². The zero-order valence-electron chi connectivity index (χ0n) is 9.09. The summed E-state index contributed by atoms with van der Waals surface area (Å²) in [5.74, 6) is 0. The SMILES string of the molecule is Cc1cccc(C)c1CCN(C)C. The minimum absolute atomic E-state index is 1.13. The van der Waals surface area contributed by atoms with E-state index >= 15 is 0 Å². The first-order chi connectivity index (χ1) is 6.11. The highest BCUT2D eigenvalue weighted by molar-refractivity contribution is 5.33. The van der Waals surface area contributed by atoms with E-state index in [0.29, 0.717) is 0 Å². The standard InChI is InChI=1S/C12H19N/c1-10-6-5-7-11(2)12(10)8-9-13(3)4/h5-7H,8-9H2,1-4H3. The molecular formula is C12H19N. The van der Waals surface area contributed by atoms with E-state index in [1.807, 2.05) is 0 Å². The van der Waals surface area contributed by atoms with Crippen LogP contribution in [-0.2, 0) is 6.42 Å². The molecule has 1 rings (SSSR count). The summed E-state index contributed by atoms with van der Waals surface area (Å²) in [5, 5.41) is 0. The van der Waals surface area contributed by atoms with Crippen LogP contribution in [0.5, 0.6) is 0 Å². The molecule has 0 aliphatic heterocycles. The second-order valence-corrected chi connectivity index (χ2v) is 3.92. The van der Waals surface area contributed by atoms with Gasteiger partial charge in [0.05, 0.1) is 0 Å². The van der Waals surface area contributed by atoms with Crippen molar-refractivity contribution in [1.29, 1.82) is 0 Å². The van der Waals surface area contributed by atoms with Gasteiger partial charge in [0.25, 0.3) is 0 Å². The van der Waals surface area contributed by atoms with Crippen molar-refractivity contribution in [2.75, 3.05) is 20.6 Å². The Labute approximate surface area is 81.4 Å². The van der Waals surface area contributed by atoms with E-state index in [1.54, 1.807) is 0 Å². The number of hydrogen-bond acceptors (Lipinski definition) is 1. The molecule has 0 amide bonds. The molecule has 13 heavy (non-hydrogen) atoms. The number of benzene rings is 1. The van der Waals surface area contributed by atoms with Crippen LogP contribution < -0.4 is 0 Å². The van der Waals surface area contributed by atoms with E-state index < -0.39 is 0 Å². The molecule has 0 saturated carbocycles. The molecule has 1 nitrogen and oxygen atoms in total. The highest BCUT2D eigenvalue weighted by Gasteiger charge is 2.01. The van der Waals surface area contributed by atoms with Crippen molar-refractivity contribution in [2.45, 2.75) is 20.3 Å². The third kappa shape index (κ3) is 2.85. The number of hydrogen-bond donors (Lipinski definition) is 0. The van der Waals surface area contributed by atoms with Crippen LogP contribution in [-0.4, -0.2) is 25.5 Å². The van der Waals surface area contributed by atoms with Gasteiger partial charge in [0.1, 0.15) is 0 Å². The Bertz CT molecular complexity index is 256. The van der Waals surface area contributed by atoms with Crippen LogP contribution in [0.15, 0.2) is 18.2 Å². The lowest BCUT2D eigenvalue weighted by Crippen LogP contribution is -2.16. The minimum Gasteiger partial charge on any atom is -0.309 e. The zero-order valence-corrected chi connectivity index (χ0v) is 9.09. The topological polar surface area (TPSA) is 3.24 Å². The third-order valence-corrected chi connectivity index (χ3v) is 2.45. The fraction of sp³-hybridized carbons (Fsp3) is 0.500. The fourth-order valence-electron chi connectivity index (χ4n) is 1.58. The van der Waals surface area contributed by atoms with Crippen LogP contribution in [0, 0.1) is 13.8 Å². The monoisotopic (exact) mass is 177 g/mol. The highest BCUT2D eigenvalue weighted by Crippen LogP contribution is 2.13. The first-order valence-electron chi connectivity index (χ1n) is 4.81. The summed E-state index contributed by atoms with van der Waals surface area (Å²) in [5.41, 5.74) is 4.35. The summed E-state index contributed by atoms with van der Waals surface area (Å²) in [4.78, 5) is 2.23. The molecule has 0 aliphatic carbocycles. The summed E-state index contributed by atoms with van der Waals surface area (Å²) in [6, 6.07) is 6.51. The minimum atomic E-state index is 1.13. The van der Waals surface area contributed by atoms with E-state index in [4.69, 9.17) is 0 Å². The predicted molar refractivity (Wildman–Crippen MR) is 58.2 cm³/mol. The van der Waals surface area contributed by atoms with Gasteiger partial charge in [-0.2, -0.15) is 0 Å². The molecular weight excluding hydrogens is 158 g/mol. The quantitative estimate of drug-likeness (QED) is 0.685. The van der Waals surface area contributed by atoms with Gasteiger partial charge in [-0.1, -0.05) is 18.2 Å². The van der Waals surface area contributed by atoms with Gasteiger partial charge in [0.15, 0.2) is 0 Å². The maximum Gasteiger partial charge on any atom is 0.00159 e. The van der Waals surface area contributed by atoms with E-state index in [-0.39, 0.29) is 0 Å². The van der Waals surface area contributed by atoms with Crippen molar-refractivity contribution in [3.63, 3.8) is 0 Å². The van der Waals surface area contributed by atoms with Gasteiger partial charge < -0.3 is 4.90 Å². The molecule has 1 heteroatoms. The van der Waals surface area contributed by atoms with Crippen molar-refractivity contribution in [1.82, 2.24) is 4.90 Å². The van der Waals surface area contributed by atoms with Crippen LogP contribution >= 0.6 is 0 Å². The average molecular weight is 177 g/mol. The molecule has 0 bridgehead atoms. The Morgan fingerprint density at radius 2 is 1.62 bits per heavy atom. The number of likely N-dealkylation sites (N-methyl/N-ethyl adjacent to an activating group) is 1. The number of rotatable bonds is 3. The Kier molecular flexibility index (Phi) is 3.49. The van der Waals surface area contributed by atoms with Crippen LogP contribution in [0.25, 0.3) is 0 Å². The van der Waals surface area contributed by atoms with Gasteiger partial charge in [0.2, 0.25) is 0 Å². The van der Waals surface area contributed by atoms with Gasteiger partial charge in [-0.05, 0) is 51.1 Å². The van der Waals surface area contributed by atoms with E-state index in [9.17, 15) is 0 Å². The molecule has 0 fully saturated rings. The molecule has 0 N–H and O–H groups in total. The van der Waals surface area contributed by atoms with E-state index in [0.717, 1.165) is 13.0 Å². The molecule has 1 aromatic rings. The van der Waals surface area contributed by atoms with Gasteiger partial charge in [-0.25, -0.2) is 0 Å². The molecule has 1 aromatic carbocycles. The normalized spacial score (nSPS) is 10.8. The maximum atomic E-state index is 2.23. The summed E-state index contributed by atoms with van der Waals surface area (Å²) in [6.45, 7) is 5.52. The Morgan fingerprint density at radius 1 is 1.08 bits per heavy atom. The largest absolute Gasteiger partial charge is 0.309 e. The smallest absolute Gasteiger partial charge is 0.00159 e. The van der Waals surface area contributed by atoms with Crippen molar-refractivity contribution in [3.05, 3.63) is 34.9 Å². The maximum absolute atomic E-state index is 2.23. The lowest BCUT2D eigenvalue weighted by molar-refractivity contribution is 0.413. The first kappa shape index (κ1) is 10.3. The van der Waals surface area contributed by atoms with Crippen LogP contribution in [0.1, 0.15) is 16.7 Å². The molecule has 0 aromatic heterocycles. The third-order valence-electron chi connectivity index (χ3n) is 2.45. The van der Waals surface area contributed by atoms with E-state index in [1.165, 1.54) is 16.7 Å². The fourth-order valence-corrected chi connectivity index (χ4v) is 1.58. The summed E-state index contributed by atoms with van der Waals surface area (Å²) >= 11 is 0. The van der Waals surface area contributed by atoms with Crippen molar-refractivity contribution < 1.29 is 0 Å². The molecule has 72 valence electrons. The lowest BCUT2D eigenvalue weighted by atomic mass is 10.0. The molecule has 0 aliphatic rings. The predicted octanol–water partition coefficient (Wildman–Crippen LogP) is 2.41. The molecule has 0 heterocycles. The Hall–Kier alpha value is -0.820. The molecule has 0 spiro atoms. The highest BCUT2D eigenvalue weighted by atomic mass is 15.0. The van der Waals surface area contributed by atoms with Crippen molar-refractivity contribution >= 4 is 0 Å². The molecule has 0 unspecified atom stereocenters. The summed E-state index contributed by atoms with van der Waals surface area (Å²) in [6.07, 6.45) is 1.16. The van der Waals surface area contributed by atoms with Gasteiger partial charge in [-0.15, -0.1) is 0 Å². The molecule has 0 radical (unpaired) electrons. The lowest BCUT2D eigenvalue weighted by Gasteiger charge is -2.13. The summed E-state index contributed by atoms with van der Waals surface area (Å²) in [7, 11) is 4.24. The zero-order chi connectivity index (χ0) is 9.84. The average Bonchev–Trinajstić information content (AvgIpc) is 2.03. The van der Waals surface area contributed by atoms with Gasteiger partial charge >= 0.3 is 0 Å². The second kappa shape index (κ2) is 4.43. The van der Waals surface area contributed by atoms with Gasteiger partial charge in [0, 0.05) is 6.54 Å². The number of nitrogens with zero attached hydrogens (tertiary/aromatic N) is 1. The van der Waals surface area contributed by atoms with Crippen LogP contribution in [0.4, 0.5) is 0 Å². The first-order valence-corrected chi connectivity index (χ1v) is 4.81. The van der Waals surface area contributed by atoms with Crippen LogP contribution in [0.3, 0.4) is 0 Å². The number of aryl methyl sites for hydroxylation is 2. The molecule has 0 atom stereocenters. The Balaban J connectivity index is 2.75. The van der Waals surface area contributed by atoms with E-state index in [2.05, 4.69) is 51.0 Å². The Morgan fingerprint density at radius 3 is 2.08 bits per heavy atom. The molecule has 0 saturated heterocycles. The van der Waals surface area contributed by atoms with Crippen LogP contribution in [0.2, 0.25) is 0 Å². The van der Waals surface area contributed by atoms with Crippen molar-refractivity contribution in [3.8, 4) is 0 Å². The second-order valence-electron chi connectivity index (χ2n) is 3.92. The van der Waals surface area contributed by atoms with Gasteiger partial charge in [-0.3, -0.25) is 0 Å².